The zero-order chi connectivity index (χ0) is 24.1. The molecular formula is C26H38N4O4. The molecule has 4 heterocycles. The van der Waals surface area contributed by atoms with Crippen molar-refractivity contribution in [1.29, 1.82) is 0 Å². The van der Waals surface area contributed by atoms with Crippen molar-refractivity contribution in [3.63, 3.8) is 0 Å². The summed E-state index contributed by atoms with van der Waals surface area (Å²) in [6.07, 6.45) is 2.71. The fourth-order valence-corrected chi connectivity index (χ4v) is 6.05. The van der Waals surface area contributed by atoms with E-state index in [1.807, 2.05) is 17.0 Å². The Morgan fingerprint density at radius 1 is 1.15 bits per heavy atom. The van der Waals surface area contributed by atoms with Crippen molar-refractivity contribution in [3.8, 4) is 11.5 Å². The number of benzene rings is 1. The van der Waals surface area contributed by atoms with Gasteiger partial charge < -0.3 is 24.6 Å². The third-order valence-corrected chi connectivity index (χ3v) is 7.78. The van der Waals surface area contributed by atoms with E-state index in [0.29, 0.717) is 13.0 Å². The molecule has 8 heteroatoms. The van der Waals surface area contributed by atoms with E-state index >= 15 is 0 Å². The van der Waals surface area contributed by atoms with Gasteiger partial charge in [0, 0.05) is 38.8 Å². The highest BCUT2D eigenvalue weighted by molar-refractivity contribution is 5.92. The van der Waals surface area contributed by atoms with Gasteiger partial charge in [-0.15, -0.1) is 0 Å². The first-order valence-corrected chi connectivity index (χ1v) is 12.5. The zero-order valence-electron chi connectivity index (χ0n) is 20.9. The lowest BCUT2D eigenvalue weighted by Gasteiger charge is -2.41. The summed E-state index contributed by atoms with van der Waals surface area (Å²) >= 11 is 0. The number of ether oxygens (including phenoxy) is 2. The van der Waals surface area contributed by atoms with E-state index in [2.05, 4.69) is 49.0 Å². The summed E-state index contributed by atoms with van der Waals surface area (Å²) in [5.74, 6) is 1.76. The summed E-state index contributed by atoms with van der Waals surface area (Å²) in [6.45, 7) is 11.1. The molecule has 1 spiro atoms. The van der Waals surface area contributed by atoms with Gasteiger partial charge in [-0.3, -0.25) is 14.5 Å². The lowest BCUT2D eigenvalue weighted by Crippen LogP contribution is -2.56. The van der Waals surface area contributed by atoms with Gasteiger partial charge in [0.1, 0.15) is 6.04 Å². The predicted octanol–water partition coefficient (Wildman–Crippen LogP) is 2.22. The maximum absolute atomic E-state index is 13.3. The number of nitrogens with zero attached hydrogens (tertiary/aromatic N) is 3. The molecule has 0 aromatic heterocycles. The molecule has 0 aliphatic carbocycles. The molecule has 0 bridgehead atoms. The van der Waals surface area contributed by atoms with Crippen molar-refractivity contribution >= 4 is 11.8 Å². The average Bonchev–Trinajstić information content (AvgIpc) is 3.39. The second-order valence-corrected chi connectivity index (χ2v) is 11.8. The molecule has 0 radical (unpaired) electrons. The van der Waals surface area contributed by atoms with Gasteiger partial charge in [0.25, 0.3) is 0 Å². The molecule has 0 saturated carbocycles. The van der Waals surface area contributed by atoms with E-state index in [4.69, 9.17) is 9.47 Å². The molecule has 0 unspecified atom stereocenters. The Balaban J connectivity index is 1.19. The number of rotatable bonds is 4. The van der Waals surface area contributed by atoms with Crippen LogP contribution >= 0.6 is 0 Å². The lowest BCUT2D eigenvalue weighted by atomic mass is 9.83. The maximum atomic E-state index is 13.3. The maximum Gasteiger partial charge on any atom is 0.243 e. The van der Waals surface area contributed by atoms with Crippen molar-refractivity contribution in [2.24, 2.45) is 5.41 Å². The molecule has 1 aromatic rings. The SMILES string of the molecule is CN(CC(C)(C)C)[C@H]1C[C@H]2C(=O)NC3(CCN(Cc4ccc5c(c4)OCO5)CC3)CC(=O)N2C1. The second-order valence-electron chi connectivity index (χ2n) is 11.8. The summed E-state index contributed by atoms with van der Waals surface area (Å²) in [4.78, 5) is 33.2. The Kier molecular flexibility index (Phi) is 6.01. The fraction of sp³-hybridized carbons (Fsp3) is 0.692. The van der Waals surface area contributed by atoms with Crippen molar-refractivity contribution in [2.75, 3.05) is 40.0 Å². The number of carbonyl (C=O) groups is 2. The highest BCUT2D eigenvalue weighted by Gasteiger charge is 2.49. The number of piperidine rings is 1. The van der Waals surface area contributed by atoms with Crippen molar-refractivity contribution in [2.45, 2.75) is 70.6 Å². The van der Waals surface area contributed by atoms with Crippen LogP contribution in [0.5, 0.6) is 11.5 Å². The second kappa shape index (κ2) is 8.72. The molecule has 2 atom stereocenters. The monoisotopic (exact) mass is 470 g/mol. The first kappa shape index (κ1) is 23.4. The Morgan fingerprint density at radius 2 is 1.88 bits per heavy atom. The van der Waals surface area contributed by atoms with Crippen LogP contribution in [0.1, 0.15) is 52.0 Å². The van der Waals surface area contributed by atoms with E-state index in [1.54, 1.807) is 0 Å². The molecule has 4 aliphatic rings. The van der Waals surface area contributed by atoms with E-state index in [-0.39, 0.29) is 36.1 Å². The molecule has 4 aliphatic heterocycles. The smallest absolute Gasteiger partial charge is 0.243 e. The molecule has 3 saturated heterocycles. The van der Waals surface area contributed by atoms with Gasteiger partial charge in [-0.1, -0.05) is 26.8 Å². The summed E-state index contributed by atoms with van der Waals surface area (Å²) in [5, 5.41) is 3.34. The average molecular weight is 471 g/mol. The van der Waals surface area contributed by atoms with Crippen LogP contribution < -0.4 is 14.8 Å². The molecule has 8 nitrogen and oxygen atoms in total. The van der Waals surface area contributed by atoms with E-state index in [1.165, 1.54) is 5.56 Å². The number of carbonyl (C=O) groups excluding carboxylic acids is 2. The fourth-order valence-electron chi connectivity index (χ4n) is 6.05. The van der Waals surface area contributed by atoms with E-state index in [9.17, 15) is 9.59 Å². The third-order valence-electron chi connectivity index (χ3n) is 7.78. The van der Waals surface area contributed by atoms with Gasteiger partial charge in [0.2, 0.25) is 18.6 Å². The van der Waals surface area contributed by atoms with Crippen LogP contribution in [0.15, 0.2) is 18.2 Å². The Morgan fingerprint density at radius 3 is 2.62 bits per heavy atom. The molecule has 1 N–H and O–H groups in total. The minimum Gasteiger partial charge on any atom is -0.454 e. The van der Waals surface area contributed by atoms with Gasteiger partial charge in [-0.05, 0) is 49.4 Å². The number of hydrogen-bond acceptors (Lipinski definition) is 6. The normalized spacial score (nSPS) is 26.7. The van der Waals surface area contributed by atoms with Crippen molar-refractivity contribution < 1.29 is 19.1 Å². The Labute approximate surface area is 202 Å². The number of likely N-dealkylation sites (N-methyl/N-ethyl adjacent to an activating group) is 1. The zero-order valence-corrected chi connectivity index (χ0v) is 20.9. The minimum atomic E-state index is -0.420. The van der Waals surface area contributed by atoms with Gasteiger partial charge in [0.15, 0.2) is 11.5 Å². The van der Waals surface area contributed by atoms with Crippen LogP contribution in [0.2, 0.25) is 0 Å². The summed E-state index contributed by atoms with van der Waals surface area (Å²) in [7, 11) is 2.11. The summed E-state index contributed by atoms with van der Waals surface area (Å²) < 4.78 is 10.9. The van der Waals surface area contributed by atoms with Crippen LogP contribution in [-0.4, -0.2) is 84.2 Å². The van der Waals surface area contributed by atoms with Gasteiger partial charge in [-0.25, -0.2) is 0 Å². The molecule has 5 rings (SSSR count). The number of likely N-dealkylation sites (tertiary alicyclic amines) is 1. The highest BCUT2D eigenvalue weighted by atomic mass is 16.7. The van der Waals surface area contributed by atoms with Crippen molar-refractivity contribution in [3.05, 3.63) is 23.8 Å². The van der Waals surface area contributed by atoms with E-state index in [0.717, 1.165) is 56.9 Å². The van der Waals surface area contributed by atoms with E-state index < -0.39 is 5.54 Å². The number of fused-ring (bicyclic) bond motifs is 2. The van der Waals surface area contributed by atoms with Crippen LogP contribution in [-0.2, 0) is 16.1 Å². The van der Waals surface area contributed by atoms with Crippen LogP contribution in [0.25, 0.3) is 0 Å². The molecule has 34 heavy (non-hydrogen) atoms. The molecule has 3 fully saturated rings. The van der Waals surface area contributed by atoms with Gasteiger partial charge >= 0.3 is 0 Å². The topological polar surface area (TPSA) is 74.4 Å². The van der Waals surface area contributed by atoms with Gasteiger partial charge in [0.05, 0.1) is 12.0 Å². The van der Waals surface area contributed by atoms with Gasteiger partial charge in [-0.2, -0.15) is 0 Å². The third kappa shape index (κ3) is 4.75. The molecule has 2 amide bonds. The van der Waals surface area contributed by atoms with Crippen molar-refractivity contribution in [1.82, 2.24) is 20.0 Å². The largest absolute Gasteiger partial charge is 0.454 e. The first-order chi connectivity index (χ1) is 16.1. The minimum absolute atomic E-state index is 0.0294. The first-order valence-electron chi connectivity index (χ1n) is 12.5. The number of hydrogen-bond donors (Lipinski definition) is 1. The Bertz CT molecular complexity index is 923. The lowest BCUT2D eigenvalue weighted by molar-refractivity contribution is -0.135. The molecular weight excluding hydrogens is 432 g/mol. The van der Waals surface area contributed by atoms with Crippen LogP contribution in [0.3, 0.4) is 0 Å². The van der Waals surface area contributed by atoms with Crippen LogP contribution in [0.4, 0.5) is 0 Å². The number of nitrogens with one attached hydrogen (secondary N) is 1. The molecule has 1 aromatic carbocycles. The summed E-state index contributed by atoms with van der Waals surface area (Å²) in [6, 6.07) is 5.98. The van der Waals surface area contributed by atoms with Crippen LogP contribution in [0, 0.1) is 5.41 Å². The number of amides is 2. The predicted molar refractivity (Wildman–Crippen MR) is 129 cm³/mol. The summed E-state index contributed by atoms with van der Waals surface area (Å²) in [5.41, 5.74) is 0.948. The highest BCUT2D eigenvalue weighted by Crippen LogP contribution is 2.36. The quantitative estimate of drug-likeness (QED) is 0.728. The molecule has 186 valence electrons. The standard InChI is InChI=1S/C26H38N4O4/c1-25(2,3)16-28(4)19-12-20-24(32)27-26(13-23(31)30(20)15-19)7-9-29(10-8-26)14-18-5-6-21-22(11-18)34-17-33-21/h5-6,11,19-20H,7-10,12-17H2,1-4H3,(H,27,32)/t19-,20-/m0/s1. The Hall–Kier alpha value is -2.32.